The first-order valence-corrected chi connectivity index (χ1v) is 7.29. The van der Waals surface area contributed by atoms with Crippen LogP contribution < -0.4 is 11.1 Å². The molecular weight excluding hydrogens is 275 g/mol. The summed E-state index contributed by atoms with van der Waals surface area (Å²) in [5, 5.41) is 2.79. The van der Waals surface area contributed by atoms with Gasteiger partial charge in [-0.1, -0.05) is 49.7 Å². The van der Waals surface area contributed by atoms with Crippen LogP contribution in [0.15, 0.2) is 24.3 Å². The highest BCUT2D eigenvalue weighted by Crippen LogP contribution is 2.37. The van der Waals surface area contributed by atoms with Crippen molar-refractivity contribution in [3.8, 4) is 0 Å². The third-order valence-corrected chi connectivity index (χ3v) is 4.40. The molecule has 1 aliphatic rings. The van der Waals surface area contributed by atoms with Crippen LogP contribution in [0.2, 0.25) is 0 Å². The Morgan fingerprint density at radius 1 is 1.30 bits per heavy atom. The van der Waals surface area contributed by atoms with Gasteiger partial charge in [-0.05, 0) is 18.9 Å². The van der Waals surface area contributed by atoms with Gasteiger partial charge in [0.05, 0.1) is 10.4 Å². The average molecular weight is 294 g/mol. The lowest BCUT2D eigenvalue weighted by atomic mass is 9.73. The molecular formula is C15H19FN2OS. The van der Waals surface area contributed by atoms with Crippen molar-refractivity contribution in [2.45, 2.75) is 38.6 Å². The first-order chi connectivity index (χ1) is 9.56. The van der Waals surface area contributed by atoms with E-state index in [-0.39, 0.29) is 23.3 Å². The number of thiocarbonyl (C=S) groups is 1. The van der Waals surface area contributed by atoms with Crippen LogP contribution in [0.5, 0.6) is 0 Å². The highest BCUT2D eigenvalue weighted by molar-refractivity contribution is 7.80. The third-order valence-electron chi connectivity index (χ3n) is 4.01. The van der Waals surface area contributed by atoms with Gasteiger partial charge in [0.25, 0.3) is 0 Å². The third kappa shape index (κ3) is 2.98. The van der Waals surface area contributed by atoms with Crippen molar-refractivity contribution in [2.75, 3.05) is 0 Å². The van der Waals surface area contributed by atoms with E-state index in [2.05, 4.69) is 5.32 Å². The highest BCUT2D eigenvalue weighted by Gasteiger charge is 2.42. The van der Waals surface area contributed by atoms with Gasteiger partial charge in [0, 0.05) is 12.1 Å². The van der Waals surface area contributed by atoms with Crippen LogP contribution in [0, 0.1) is 11.2 Å². The van der Waals surface area contributed by atoms with Crippen molar-refractivity contribution < 1.29 is 9.18 Å². The van der Waals surface area contributed by atoms with E-state index >= 15 is 0 Å². The Kier molecular flexibility index (Phi) is 4.70. The van der Waals surface area contributed by atoms with Crippen LogP contribution in [0.4, 0.5) is 4.39 Å². The van der Waals surface area contributed by atoms with Gasteiger partial charge >= 0.3 is 0 Å². The number of nitrogens with two attached hydrogens (primary N) is 1. The number of hydrogen-bond acceptors (Lipinski definition) is 2. The summed E-state index contributed by atoms with van der Waals surface area (Å²) in [5.74, 6) is -0.492. The van der Waals surface area contributed by atoms with Gasteiger partial charge in [0.1, 0.15) is 5.82 Å². The van der Waals surface area contributed by atoms with Crippen LogP contribution >= 0.6 is 12.2 Å². The van der Waals surface area contributed by atoms with Crippen molar-refractivity contribution in [1.82, 2.24) is 5.32 Å². The second-order valence-corrected chi connectivity index (χ2v) is 5.72. The molecule has 1 aromatic carbocycles. The lowest BCUT2D eigenvalue weighted by molar-refractivity contribution is -0.129. The maximum Gasteiger partial charge on any atom is 0.233 e. The molecule has 0 heterocycles. The molecule has 0 aliphatic heterocycles. The summed E-state index contributed by atoms with van der Waals surface area (Å²) in [6.45, 7) is 0.163. The molecule has 1 saturated carbocycles. The number of carbonyl (C=O) groups excluding carboxylic acids is 1. The number of amides is 1. The predicted octanol–water partition coefficient (Wildman–Crippen LogP) is 2.68. The van der Waals surface area contributed by atoms with Crippen molar-refractivity contribution in [3.63, 3.8) is 0 Å². The minimum Gasteiger partial charge on any atom is -0.392 e. The molecule has 0 radical (unpaired) electrons. The van der Waals surface area contributed by atoms with Gasteiger partial charge in [0.15, 0.2) is 0 Å². The SMILES string of the molecule is NC(=S)C1(C(=O)NCc2ccccc2F)CCCCC1. The zero-order chi connectivity index (χ0) is 14.6. The summed E-state index contributed by atoms with van der Waals surface area (Å²) in [7, 11) is 0. The fraction of sp³-hybridized carbons (Fsp3) is 0.467. The molecule has 2 rings (SSSR count). The van der Waals surface area contributed by atoms with E-state index in [1.54, 1.807) is 18.2 Å². The number of hydrogen-bond donors (Lipinski definition) is 2. The second kappa shape index (κ2) is 6.31. The number of rotatable bonds is 4. The van der Waals surface area contributed by atoms with E-state index in [0.29, 0.717) is 18.4 Å². The molecule has 1 aromatic rings. The molecule has 3 N–H and O–H groups in total. The van der Waals surface area contributed by atoms with Crippen LogP contribution in [0.1, 0.15) is 37.7 Å². The van der Waals surface area contributed by atoms with Crippen molar-refractivity contribution >= 4 is 23.1 Å². The minimum atomic E-state index is -0.751. The fourth-order valence-corrected chi connectivity index (χ4v) is 3.02. The molecule has 1 aliphatic carbocycles. The zero-order valence-electron chi connectivity index (χ0n) is 11.3. The monoisotopic (exact) mass is 294 g/mol. The molecule has 1 amide bonds. The van der Waals surface area contributed by atoms with Gasteiger partial charge in [-0.3, -0.25) is 4.79 Å². The molecule has 3 nitrogen and oxygen atoms in total. The molecule has 0 atom stereocenters. The molecule has 0 saturated heterocycles. The Morgan fingerprint density at radius 3 is 2.55 bits per heavy atom. The smallest absolute Gasteiger partial charge is 0.233 e. The number of nitrogens with one attached hydrogen (secondary N) is 1. The molecule has 0 aromatic heterocycles. The zero-order valence-corrected chi connectivity index (χ0v) is 12.1. The molecule has 0 unspecified atom stereocenters. The number of halogens is 1. The molecule has 108 valence electrons. The molecule has 1 fully saturated rings. The van der Waals surface area contributed by atoms with E-state index in [1.165, 1.54) is 6.07 Å². The number of carbonyl (C=O) groups is 1. The highest BCUT2D eigenvalue weighted by atomic mass is 32.1. The van der Waals surface area contributed by atoms with Crippen molar-refractivity contribution in [1.29, 1.82) is 0 Å². The largest absolute Gasteiger partial charge is 0.392 e. The maximum absolute atomic E-state index is 13.5. The number of benzene rings is 1. The average Bonchev–Trinajstić information content (AvgIpc) is 2.46. The van der Waals surface area contributed by atoms with Crippen LogP contribution in [0.25, 0.3) is 0 Å². The summed E-state index contributed by atoms with van der Waals surface area (Å²) in [4.78, 5) is 12.7. The summed E-state index contributed by atoms with van der Waals surface area (Å²) < 4.78 is 13.5. The minimum absolute atomic E-state index is 0.163. The Balaban J connectivity index is 2.06. The Hall–Kier alpha value is -1.49. The topological polar surface area (TPSA) is 55.1 Å². The normalized spacial score (nSPS) is 17.4. The van der Waals surface area contributed by atoms with E-state index in [4.69, 9.17) is 18.0 Å². The molecule has 20 heavy (non-hydrogen) atoms. The molecule has 0 spiro atoms. The van der Waals surface area contributed by atoms with Gasteiger partial charge < -0.3 is 11.1 Å². The van der Waals surface area contributed by atoms with Crippen molar-refractivity contribution in [3.05, 3.63) is 35.6 Å². The van der Waals surface area contributed by atoms with Crippen molar-refractivity contribution in [2.24, 2.45) is 11.1 Å². The Labute approximate surface area is 123 Å². The fourth-order valence-electron chi connectivity index (χ4n) is 2.73. The van der Waals surface area contributed by atoms with E-state index in [0.717, 1.165) is 19.3 Å². The first-order valence-electron chi connectivity index (χ1n) is 6.88. The van der Waals surface area contributed by atoms with Crippen LogP contribution in [-0.4, -0.2) is 10.9 Å². The van der Waals surface area contributed by atoms with Gasteiger partial charge in [-0.2, -0.15) is 0 Å². The lowest BCUT2D eigenvalue weighted by Crippen LogP contribution is -2.49. The van der Waals surface area contributed by atoms with E-state index in [9.17, 15) is 9.18 Å². The lowest BCUT2D eigenvalue weighted by Gasteiger charge is -2.34. The van der Waals surface area contributed by atoms with E-state index in [1.807, 2.05) is 0 Å². The quantitative estimate of drug-likeness (QED) is 0.839. The van der Waals surface area contributed by atoms with Crippen LogP contribution in [-0.2, 0) is 11.3 Å². The van der Waals surface area contributed by atoms with Crippen LogP contribution in [0.3, 0.4) is 0 Å². The summed E-state index contributed by atoms with van der Waals surface area (Å²) in [6.07, 6.45) is 4.37. The Morgan fingerprint density at radius 2 is 1.95 bits per heavy atom. The summed E-state index contributed by atoms with van der Waals surface area (Å²) >= 11 is 5.10. The summed E-state index contributed by atoms with van der Waals surface area (Å²) in [5.41, 5.74) is 5.51. The van der Waals surface area contributed by atoms with Gasteiger partial charge in [-0.25, -0.2) is 4.39 Å². The maximum atomic E-state index is 13.5. The summed E-state index contributed by atoms with van der Waals surface area (Å²) in [6, 6.07) is 6.40. The second-order valence-electron chi connectivity index (χ2n) is 5.28. The molecule has 0 bridgehead atoms. The predicted molar refractivity (Wildman–Crippen MR) is 80.6 cm³/mol. The standard InChI is InChI=1S/C15H19FN2OS/c16-12-7-3-2-6-11(12)10-18-14(19)15(13(17)20)8-4-1-5-9-15/h2-3,6-7H,1,4-5,8-10H2,(H2,17,20)(H,18,19). The van der Waals surface area contributed by atoms with E-state index < -0.39 is 5.41 Å². The molecule has 5 heteroatoms. The Bertz CT molecular complexity index is 512. The first kappa shape index (κ1) is 14.9. The van der Waals surface area contributed by atoms with Gasteiger partial charge in [-0.15, -0.1) is 0 Å². The van der Waals surface area contributed by atoms with Gasteiger partial charge in [0.2, 0.25) is 5.91 Å².